The van der Waals surface area contributed by atoms with Gasteiger partial charge in [-0.15, -0.1) is 0 Å². The van der Waals surface area contributed by atoms with Gasteiger partial charge in [0.2, 0.25) is 0 Å². The van der Waals surface area contributed by atoms with Crippen molar-refractivity contribution < 1.29 is 19.0 Å². The molecule has 11 atom stereocenters. The van der Waals surface area contributed by atoms with Crippen LogP contribution >= 0.6 is 0 Å². The average molecular weight is 457 g/mol. The van der Waals surface area contributed by atoms with Gasteiger partial charge in [0.1, 0.15) is 6.10 Å². The first kappa shape index (κ1) is 22.6. The standard InChI is InChI=1S/C29H44O4/c1-17-8-13-29(31-16-17)18(2)26-25(33-29)15-24-22-7-6-20-14-21(32-19(3)30)9-11-27(20,4)23(22)10-12-28(24,26)5/h6,17-18,21-26H,7-16H2,1-5H3/t17-,18+,21-,22-,23+,24+,25+,26+,27-,28-,29-/m0/s1. The van der Waals surface area contributed by atoms with E-state index in [1.807, 2.05) is 0 Å². The van der Waals surface area contributed by atoms with Crippen molar-refractivity contribution in [3.63, 3.8) is 0 Å². The summed E-state index contributed by atoms with van der Waals surface area (Å²) in [5, 5.41) is 0. The number of hydrogen-bond acceptors (Lipinski definition) is 4. The Bertz CT molecular complexity index is 841. The normalized spacial score (nSPS) is 55.2. The summed E-state index contributed by atoms with van der Waals surface area (Å²) in [4.78, 5) is 11.5. The Kier molecular flexibility index (Phi) is 5.18. The highest BCUT2D eigenvalue weighted by Gasteiger charge is 2.68. The fraction of sp³-hybridized carbons (Fsp3) is 0.897. The van der Waals surface area contributed by atoms with E-state index in [2.05, 4.69) is 33.8 Å². The average Bonchev–Trinajstić information content (AvgIpc) is 3.21. The molecule has 0 aromatic rings. The van der Waals surface area contributed by atoms with E-state index in [-0.39, 0.29) is 23.3 Å². The van der Waals surface area contributed by atoms with E-state index < -0.39 is 0 Å². The molecule has 4 nitrogen and oxygen atoms in total. The molecule has 184 valence electrons. The SMILES string of the molecule is CC(=O)O[C@H]1CC[C@@]2(C)C(=CC[C@@H]3[C@H]4C[C@H]5O[C@@]6(CC[C@H](C)CO6)[C@H](C)[C@H]5[C@@]4(C)CC[C@H]32)C1. The van der Waals surface area contributed by atoms with Crippen LogP contribution in [0.2, 0.25) is 0 Å². The van der Waals surface area contributed by atoms with Crippen molar-refractivity contribution >= 4 is 5.97 Å². The van der Waals surface area contributed by atoms with Crippen LogP contribution in [-0.2, 0) is 19.0 Å². The summed E-state index contributed by atoms with van der Waals surface area (Å²) in [5.74, 6) is 3.64. The van der Waals surface area contributed by atoms with Gasteiger partial charge >= 0.3 is 5.97 Å². The number of ether oxygens (including phenoxy) is 3. The molecule has 33 heavy (non-hydrogen) atoms. The maximum Gasteiger partial charge on any atom is 0.302 e. The number of carbonyl (C=O) groups is 1. The first-order valence-electron chi connectivity index (χ1n) is 13.8. The molecular formula is C29H44O4. The van der Waals surface area contributed by atoms with E-state index in [1.54, 1.807) is 12.5 Å². The van der Waals surface area contributed by atoms with Gasteiger partial charge in [-0.2, -0.15) is 0 Å². The second-order valence-corrected chi connectivity index (χ2v) is 13.3. The Morgan fingerprint density at radius 1 is 1.09 bits per heavy atom. The smallest absolute Gasteiger partial charge is 0.302 e. The Morgan fingerprint density at radius 2 is 1.91 bits per heavy atom. The maximum atomic E-state index is 11.5. The molecule has 2 saturated heterocycles. The lowest BCUT2D eigenvalue weighted by molar-refractivity contribution is -0.272. The Labute approximate surface area is 200 Å². The fourth-order valence-electron chi connectivity index (χ4n) is 9.98. The monoisotopic (exact) mass is 456 g/mol. The number of esters is 1. The lowest BCUT2D eigenvalue weighted by Crippen LogP contribution is -2.52. The van der Waals surface area contributed by atoms with E-state index in [0.717, 1.165) is 50.0 Å². The molecule has 0 radical (unpaired) electrons. The van der Waals surface area contributed by atoms with Gasteiger partial charge < -0.3 is 14.2 Å². The number of rotatable bonds is 1. The molecule has 0 aromatic carbocycles. The quantitative estimate of drug-likeness (QED) is 0.344. The second-order valence-electron chi connectivity index (χ2n) is 13.3. The van der Waals surface area contributed by atoms with E-state index in [1.165, 1.54) is 32.1 Å². The van der Waals surface area contributed by atoms with Crippen LogP contribution in [0.5, 0.6) is 0 Å². The molecule has 4 heteroatoms. The molecular weight excluding hydrogens is 412 g/mol. The number of hydrogen-bond donors (Lipinski definition) is 0. The fourth-order valence-corrected chi connectivity index (χ4v) is 9.98. The third kappa shape index (κ3) is 3.18. The molecule has 0 bridgehead atoms. The summed E-state index contributed by atoms with van der Waals surface area (Å²) in [6.07, 6.45) is 13.6. The van der Waals surface area contributed by atoms with E-state index in [0.29, 0.717) is 29.3 Å². The minimum Gasteiger partial charge on any atom is -0.462 e. The molecule has 4 aliphatic carbocycles. The third-order valence-corrected chi connectivity index (χ3v) is 11.7. The molecule has 2 heterocycles. The second kappa shape index (κ2) is 7.56. The maximum absolute atomic E-state index is 11.5. The van der Waals surface area contributed by atoms with Crippen molar-refractivity contribution in [2.45, 2.75) is 110 Å². The van der Waals surface area contributed by atoms with Gasteiger partial charge in [-0.3, -0.25) is 4.79 Å². The van der Waals surface area contributed by atoms with Crippen LogP contribution in [0.25, 0.3) is 0 Å². The molecule has 3 saturated carbocycles. The largest absolute Gasteiger partial charge is 0.462 e. The highest BCUT2D eigenvalue weighted by atomic mass is 16.7. The lowest BCUT2D eigenvalue weighted by Gasteiger charge is -2.58. The predicted molar refractivity (Wildman–Crippen MR) is 127 cm³/mol. The summed E-state index contributed by atoms with van der Waals surface area (Å²) >= 11 is 0. The van der Waals surface area contributed by atoms with Crippen molar-refractivity contribution in [1.82, 2.24) is 0 Å². The summed E-state index contributed by atoms with van der Waals surface area (Å²) < 4.78 is 19.0. The molecule has 0 aromatic heterocycles. The lowest BCUT2D eigenvalue weighted by atomic mass is 9.47. The van der Waals surface area contributed by atoms with Crippen LogP contribution in [0.1, 0.15) is 92.4 Å². The minimum atomic E-state index is -0.312. The number of fused-ring (bicyclic) bond motifs is 7. The van der Waals surface area contributed by atoms with Crippen molar-refractivity contribution in [3.05, 3.63) is 11.6 Å². The van der Waals surface area contributed by atoms with E-state index in [9.17, 15) is 4.79 Å². The van der Waals surface area contributed by atoms with Crippen LogP contribution < -0.4 is 0 Å². The summed E-state index contributed by atoms with van der Waals surface area (Å²) in [7, 11) is 0. The van der Waals surface area contributed by atoms with Crippen molar-refractivity contribution in [1.29, 1.82) is 0 Å². The van der Waals surface area contributed by atoms with Gasteiger partial charge in [0.25, 0.3) is 0 Å². The number of carbonyl (C=O) groups excluding carboxylic acids is 1. The molecule has 0 amide bonds. The van der Waals surface area contributed by atoms with Crippen molar-refractivity contribution in [3.8, 4) is 0 Å². The zero-order valence-corrected chi connectivity index (χ0v) is 21.4. The molecule has 0 unspecified atom stereocenters. The Morgan fingerprint density at radius 3 is 2.64 bits per heavy atom. The predicted octanol–water partition coefficient (Wildman–Crippen LogP) is 6.28. The highest BCUT2D eigenvalue weighted by Crippen LogP contribution is 2.70. The Balaban J connectivity index is 1.24. The van der Waals surface area contributed by atoms with E-state index >= 15 is 0 Å². The third-order valence-electron chi connectivity index (χ3n) is 11.7. The van der Waals surface area contributed by atoms with E-state index in [4.69, 9.17) is 14.2 Å². The van der Waals surface area contributed by atoms with Gasteiger partial charge in [0, 0.05) is 25.7 Å². The van der Waals surface area contributed by atoms with Crippen LogP contribution in [-0.4, -0.2) is 30.6 Å². The first-order chi connectivity index (χ1) is 15.7. The zero-order valence-electron chi connectivity index (χ0n) is 21.4. The molecule has 6 aliphatic rings. The van der Waals surface area contributed by atoms with Crippen molar-refractivity contribution in [2.24, 2.45) is 46.3 Å². The molecule has 2 aliphatic heterocycles. The topological polar surface area (TPSA) is 44.8 Å². The van der Waals surface area contributed by atoms with Gasteiger partial charge in [-0.1, -0.05) is 39.3 Å². The summed E-state index contributed by atoms with van der Waals surface area (Å²) in [6.45, 7) is 12.3. The summed E-state index contributed by atoms with van der Waals surface area (Å²) in [5.41, 5.74) is 2.24. The van der Waals surface area contributed by atoms with Gasteiger partial charge in [-0.05, 0) is 85.4 Å². The first-order valence-corrected chi connectivity index (χ1v) is 13.8. The van der Waals surface area contributed by atoms with Crippen LogP contribution in [0.15, 0.2) is 11.6 Å². The van der Waals surface area contributed by atoms with Crippen molar-refractivity contribution in [2.75, 3.05) is 6.61 Å². The molecule has 5 fully saturated rings. The number of allylic oxidation sites excluding steroid dienone is 1. The van der Waals surface area contributed by atoms with Gasteiger partial charge in [0.05, 0.1) is 12.7 Å². The van der Waals surface area contributed by atoms with Gasteiger partial charge in [0.15, 0.2) is 5.79 Å². The van der Waals surface area contributed by atoms with Gasteiger partial charge in [-0.25, -0.2) is 0 Å². The van der Waals surface area contributed by atoms with Crippen LogP contribution in [0.3, 0.4) is 0 Å². The summed E-state index contributed by atoms with van der Waals surface area (Å²) in [6, 6.07) is 0. The van der Waals surface area contributed by atoms with Crippen LogP contribution in [0.4, 0.5) is 0 Å². The van der Waals surface area contributed by atoms with Crippen LogP contribution in [0, 0.1) is 46.3 Å². The molecule has 1 spiro atoms. The minimum absolute atomic E-state index is 0.0849. The Hall–Kier alpha value is -0.870. The zero-order chi connectivity index (χ0) is 23.2. The molecule has 6 rings (SSSR count). The molecule has 0 N–H and O–H groups in total. The highest BCUT2D eigenvalue weighted by molar-refractivity contribution is 5.66.